The van der Waals surface area contributed by atoms with Gasteiger partial charge in [0.15, 0.2) is 4.75 Å². The topological polar surface area (TPSA) is 78.2 Å². The highest BCUT2D eigenvalue weighted by molar-refractivity contribution is 7.98. The number of carbonyl (C=O) groups is 1. The van der Waals surface area contributed by atoms with Crippen molar-refractivity contribution in [3.05, 3.63) is 28.8 Å². The summed E-state index contributed by atoms with van der Waals surface area (Å²) in [5.74, 6) is -0.533. The Bertz CT molecular complexity index is 689. The molecule has 1 aliphatic rings. The lowest BCUT2D eigenvalue weighted by molar-refractivity contribution is -0.120. The van der Waals surface area contributed by atoms with Crippen molar-refractivity contribution in [1.82, 2.24) is 0 Å². The fourth-order valence-corrected chi connectivity index (χ4v) is 3.45. The molecule has 0 atom stereocenters. The first-order valence-corrected chi connectivity index (χ1v) is 6.84. The lowest BCUT2D eigenvalue weighted by atomic mass is 10.1. The minimum Gasteiger partial charge on any atom is -0.272 e. The standard InChI is InChI=1S/C11H9ClN2O3S/c1-11(2)10(15)14(18(11,16)17)9-4-3-7(6-13)5-8(9)12/h3-5H,1-2H3. The van der Waals surface area contributed by atoms with E-state index in [-0.39, 0.29) is 10.7 Å². The second-order valence-electron chi connectivity index (χ2n) is 4.36. The molecule has 5 nitrogen and oxygen atoms in total. The molecule has 0 N–H and O–H groups in total. The van der Waals surface area contributed by atoms with Crippen LogP contribution in [0, 0.1) is 11.3 Å². The van der Waals surface area contributed by atoms with E-state index in [0.29, 0.717) is 9.87 Å². The van der Waals surface area contributed by atoms with Crippen LogP contribution in [0.25, 0.3) is 0 Å². The Labute approximate surface area is 110 Å². The zero-order valence-electron chi connectivity index (χ0n) is 9.64. The number of hydrogen-bond acceptors (Lipinski definition) is 4. The maximum atomic E-state index is 12.0. The quantitative estimate of drug-likeness (QED) is 0.786. The largest absolute Gasteiger partial charge is 0.272 e. The van der Waals surface area contributed by atoms with Crippen molar-refractivity contribution >= 4 is 33.2 Å². The minimum absolute atomic E-state index is 0.0569. The van der Waals surface area contributed by atoms with Gasteiger partial charge in [-0.05, 0) is 32.0 Å². The van der Waals surface area contributed by atoms with Crippen LogP contribution in [0.2, 0.25) is 5.02 Å². The first-order valence-electron chi connectivity index (χ1n) is 5.02. The minimum atomic E-state index is -3.73. The molecule has 0 spiro atoms. The molecule has 1 aromatic rings. The predicted molar refractivity (Wildman–Crippen MR) is 66.7 cm³/mol. The van der Waals surface area contributed by atoms with E-state index in [1.54, 1.807) is 0 Å². The molecule has 1 aliphatic heterocycles. The van der Waals surface area contributed by atoms with Gasteiger partial charge in [0.2, 0.25) is 0 Å². The van der Waals surface area contributed by atoms with Crippen LogP contribution in [-0.2, 0) is 14.8 Å². The molecule has 1 saturated heterocycles. The summed E-state index contributed by atoms with van der Waals surface area (Å²) >= 11 is 5.89. The molecule has 1 aromatic carbocycles. The van der Waals surface area contributed by atoms with E-state index >= 15 is 0 Å². The maximum Gasteiger partial charge on any atom is 0.263 e. The van der Waals surface area contributed by atoms with Gasteiger partial charge in [-0.2, -0.15) is 5.26 Å². The third kappa shape index (κ3) is 1.44. The third-order valence-corrected chi connectivity index (χ3v) is 5.49. The molecule has 2 rings (SSSR count). The Balaban J connectivity index is 2.54. The molecule has 1 fully saturated rings. The summed E-state index contributed by atoms with van der Waals surface area (Å²) < 4.78 is 23.2. The zero-order valence-corrected chi connectivity index (χ0v) is 11.2. The van der Waals surface area contributed by atoms with Crippen molar-refractivity contribution in [3.63, 3.8) is 0 Å². The molecule has 0 bridgehead atoms. The molecule has 0 aromatic heterocycles. The normalized spacial score (nSPS) is 20.1. The van der Waals surface area contributed by atoms with Gasteiger partial charge in [0, 0.05) is 0 Å². The lowest BCUT2D eigenvalue weighted by Gasteiger charge is -2.43. The smallest absolute Gasteiger partial charge is 0.263 e. The molecule has 0 aliphatic carbocycles. The average molecular weight is 285 g/mol. The van der Waals surface area contributed by atoms with Crippen LogP contribution in [-0.4, -0.2) is 19.1 Å². The summed E-state index contributed by atoms with van der Waals surface area (Å²) in [7, 11) is -3.73. The number of nitrogens with zero attached hydrogens (tertiary/aromatic N) is 2. The van der Waals surface area contributed by atoms with Crippen molar-refractivity contribution < 1.29 is 13.2 Å². The number of hydrogen-bond donors (Lipinski definition) is 0. The molecule has 7 heteroatoms. The summed E-state index contributed by atoms with van der Waals surface area (Å²) in [6, 6.07) is 5.97. The number of anilines is 1. The molecule has 94 valence electrons. The van der Waals surface area contributed by atoms with Crippen LogP contribution in [0.3, 0.4) is 0 Å². The summed E-state index contributed by atoms with van der Waals surface area (Å²) in [5.41, 5.74) is 0.383. The Kier molecular flexibility index (Phi) is 2.65. The second kappa shape index (κ2) is 3.70. The molecule has 18 heavy (non-hydrogen) atoms. The van der Waals surface area contributed by atoms with Gasteiger partial charge >= 0.3 is 0 Å². The Hall–Kier alpha value is -1.58. The van der Waals surface area contributed by atoms with E-state index in [0.717, 1.165) is 0 Å². The molecule has 1 amide bonds. The van der Waals surface area contributed by atoms with E-state index < -0.39 is 20.7 Å². The lowest BCUT2D eigenvalue weighted by Crippen LogP contribution is -2.67. The van der Waals surface area contributed by atoms with E-state index in [2.05, 4.69) is 0 Å². The third-order valence-electron chi connectivity index (χ3n) is 2.88. The Morgan fingerprint density at radius 2 is 2.00 bits per heavy atom. The van der Waals surface area contributed by atoms with Crippen molar-refractivity contribution in [2.24, 2.45) is 0 Å². The van der Waals surface area contributed by atoms with Crippen LogP contribution >= 0.6 is 11.6 Å². The molecular weight excluding hydrogens is 276 g/mol. The second-order valence-corrected chi connectivity index (χ2v) is 7.11. The number of carbonyl (C=O) groups excluding carboxylic acids is 1. The predicted octanol–water partition coefficient (Wildman–Crippen LogP) is 1.67. The number of rotatable bonds is 1. The van der Waals surface area contributed by atoms with Crippen LogP contribution in [0.5, 0.6) is 0 Å². The zero-order chi connectivity index (χ0) is 13.7. The highest BCUT2D eigenvalue weighted by Crippen LogP contribution is 2.41. The van der Waals surface area contributed by atoms with Crippen molar-refractivity contribution in [2.75, 3.05) is 4.31 Å². The number of benzene rings is 1. The van der Waals surface area contributed by atoms with Gasteiger partial charge in [-0.15, -0.1) is 0 Å². The summed E-state index contributed by atoms with van der Waals surface area (Å²) in [6.07, 6.45) is 0. The number of halogens is 1. The van der Waals surface area contributed by atoms with Crippen LogP contribution in [0.1, 0.15) is 19.4 Å². The van der Waals surface area contributed by atoms with Gasteiger partial charge in [-0.3, -0.25) is 4.79 Å². The summed E-state index contributed by atoms with van der Waals surface area (Å²) in [5, 5.41) is 8.75. The SMILES string of the molecule is CC1(C)C(=O)N(c2ccc(C#N)cc2Cl)S1(=O)=O. The van der Waals surface area contributed by atoms with Crippen LogP contribution in [0.4, 0.5) is 5.69 Å². The molecule has 0 saturated carbocycles. The monoisotopic (exact) mass is 284 g/mol. The van der Waals surface area contributed by atoms with Gasteiger partial charge in [-0.1, -0.05) is 11.6 Å². The van der Waals surface area contributed by atoms with Crippen molar-refractivity contribution in [3.8, 4) is 6.07 Å². The fraction of sp³-hybridized carbons (Fsp3) is 0.273. The highest BCUT2D eigenvalue weighted by atomic mass is 35.5. The van der Waals surface area contributed by atoms with Gasteiger partial charge in [-0.25, -0.2) is 12.7 Å². The summed E-state index contributed by atoms with van der Waals surface area (Å²) in [6.45, 7) is 2.69. The van der Waals surface area contributed by atoms with E-state index in [1.807, 2.05) is 6.07 Å². The van der Waals surface area contributed by atoms with Crippen molar-refractivity contribution in [1.29, 1.82) is 5.26 Å². The number of nitriles is 1. The van der Waals surface area contributed by atoms with Gasteiger partial charge in [0.1, 0.15) is 0 Å². The highest BCUT2D eigenvalue weighted by Gasteiger charge is 2.61. The van der Waals surface area contributed by atoms with E-state index in [1.165, 1.54) is 32.0 Å². The van der Waals surface area contributed by atoms with Crippen LogP contribution in [0.15, 0.2) is 18.2 Å². The Morgan fingerprint density at radius 1 is 1.39 bits per heavy atom. The maximum absolute atomic E-state index is 12.0. The molecule has 0 radical (unpaired) electrons. The van der Waals surface area contributed by atoms with E-state index in [9.17, 15) is 13.2 Å². The van der Waals surface area contributed by atoms with E-state index in [4.69, 9.17) is 16.9 Å². The first kappa shape index (κ1) is 12.9. The molecular formula is C11H9ClN2O3S. The van der Waals surface area contributed by atoms with Gasteiger partial charge in [0.25, 0.3) is 15.9 Å². The van der Waals surface area contributed by atoms with Gasteiger partial charge in [0.05, 0.1) is 22.3 Å². The summed E-state index contributed by atoms with van der Waals surface area (Å²) in [4.78, 5) is 11.8. The number of amides is 1. The first-order chi connectivity index (χ1) is 8.23. The molecule has 0 unspecified atom stereocenters. The molecule has 1 heterocycles. The Morgan fingerprint density at radius 3 is 2.44 bits per heavy atom. The number of sulfonamides is 1. The fourth-order valence-electron chi connectivity index (χ4n) is 1.63. The van der Waals surface area contributed by atoms with Gasteiger partial charge < -0.3 is 0 Å². The average Bonchev–Trinajstić information content (AvgIpc) is 2.30. The van der Waals surface area contributed by atoms with Crippen molar-refractivity contribution in [2.45, 2.75) is 18.6 Å². The van der Waals surface area contributed by atoms with Crippen LogP contribution < -0.4 is 4.31 Å².